The molecule has 1 aliphatic heterocycles. The number of likely N-dealkylation sites (N-methyl/N-ethyl adjacent to an activating group) is 1. The van der Waals surface area contributed by atoms with Crippen LogP contribution in [0, 0.1) is 0 Å². The monoisotopic (exact) mass is 276 g/mol. The topological polar surface area (TPSA) is 66.9 Å². The number of rotatable bonds is 4. The first kappa shape index (κ1) is 14.0. The van der Waals surface area contributed by atoms with Gasteiger partial charge in [-0.25, -0.2) is 4.79 Å². The Balaban J connectivity index is 2.19. The Kier molecular flexibility index (Phi) is 4.02. The fraction of sp³-hybridized carbons (Fsp3) is 0.357. The van der Waals surface area contributed by atoms with Crippen molar-refractivity contribution < 1.29 is 19.1 Å². The number of carbonyl (C=O) groups is 3. The van der Waals surface area contributed by atoms with Gasteiger partial charge in [0.25, 0.3) is 5.91 Å². The van der Waals surface area contributed by atoms with Crippen LogP contribution in [-0.4, -0.2) is 48.4 Å². The molecule has 0 saturated carbocycles. The van der Waals surface area contributed by atoms with Crippen molar-refractivity contribution >= 4 is 17.9 Å². The van der Waals surface area contributed by atoms with Crippen molar-refractivity contribution in [3.63, 3.8) is 0 Å². The first-order chi connectivity index (χ1) is 9.52. The van der Waals surface area contributed by atoms with Gasteiger partial charge in [-0.05, 0) is 11.1 Å². The van der Waals surface area contributed by atoms with E-state index < -0.39 is 0 Å². The van der Waals surface area contributed by atoms with Gasteiger partial charge >= 0.3 is 12.0 Å². The third-order valence-electron chi connectivity index (χ3n) is 3.24. The number of amides is 3. The first-order valence-electron chi connectivity index (χ1n) is 6.22. The molecule has 0 N–H and O–H groups in total. The Morgan fingerprint density at radius 1 is 1.25 bits per heavy atom. The van der Waals surface area contributed by atoms with Crippen molar-refractivity contribution in [1.29, 1.82) is 0 Å². The molecule has 0 unspecified atom stereocenters. The minimum Gasteiger partial charge on any atom is -0.469 e. The number of esters is 1. The summed E-state index contributed by atoms with van der Waals surface area (Å²) in [5.41, 5.74) is 1.53. The second-order valence-electron chi connectivity index (χ2n) is 4.64. The first-order valence-corrected chi connectivity index (χ1v) is 6.22. The van der Waals surface area contributed by atoms with E-state index in [0.29, 0.717) is 0 Å². The number of ether oxygens (including phenoxy) is 1. The molecule has 1 aliphatic rings. The highest BCUT2D eigenvalue weighted by Crippen LogP contribution is 2.17. The Bertz CT molecular complexity index is 556. The van der Waals surface area contributed by atoms with Crippen LogP contribution >= 0.6 is 0 Å². The molecule has 0 bridgehead atoms. The van der Waals surface area contributed by atoms with Crippen LogP contribution < -0.4 is 0 Å². The van der Waals surface area contributed by atoms with Crippen molar-refractivity contribution in [3.8, 4) is 0 Å². The molecule has 6 heteroatoms. The lowest BCUT2D eigenvalue weighted by Crippen LogP contribution is -2.31. The van der Waals surface area contributed by atoms with Gasteiger partial charge in [-0.3, -0.25) is 14.5 Å². The molecular weight excluding hydrogens is 260 g/mol. The summed E-state index contributed by atoms with van der Waals surface area (Å²) in [6.45, 7) is 0.271. The van der Waals surface area contributed by atoms with Crippen LogP contribution in [0.5, 0.6) is 0 Å². The van der Waals surface area contributed by atoms with Gasteiger partial charge in [0.1, 0.15) is 6.54 Å². The maximum Gasteiger partial charge on any atom is 0.327 e. The quantitative estimate of drug-likeness (QED) is 0.602. The molecule has 0 radical (unpaired) electrons. The zero-order valence-electron chi connectivity index (χ0n) is 11.5. The SMILES string of the molecule is COC(=O)Cc1ccccc1CN1C(=O)CN(C)C1=O. The van der Waals surface area contributed by atoms with Gasteiger partial charge in [0, 0.05) is 7.05 Å². The molecule has 6 nitrogen and oxygen atoms in total. The van der Waals surface area contributed by atoms with E-state index in [0.717, 1.165) is 11.1 Å². The molecule has 0 atom stereocenters. The summed E-state index contributed by atoms with van der Waals surface area (Å²) in [4.78, 5) is 37.5. The number of benzene rings is 1. The van der Waals surface area contributed by atoms with Crippen LogP contribution in [0.15, 0.2) is 24.3 Å². The molecule has 1 fully saturated rings. The van der Waals surface area contributed by atoms with E-state index in [9.17, 15) is 14.4 Å². The Morgan fingerprint density at radius 3 is 2.45 bits per heavy atom. The summed E-state index contributed by atoms with van der Waals surface area (Å²) >= 11 is 0. The van der Waals surface area contributed by atoms with E-state index in [-0.39, 0.29) is 37.4 Å². The van der Waals surface area contributed by atoms with Crippen molar-refractivity contribution in [3.05, 3.63) is 35.4 Å². The summed E-state index contributed by atoms with van der Waals surface area (Å²) in [5.74, 6) is -0.584. The van der Waals surface area contributed by atoms with Crippen molar-refractivity contribution in [2.75, 3.05) is 20.7 Å². The molecule has 2 rings (SSSR count). The third kappa shape index (κ3) is 2.79. The molecule has 1 aromatic carbocycles. The zero-order valence-corrected chi connectivity index (χ0v) is 11.5. The van der Waals surface area contributed by atoms with Crippen LogP contribution in [0.1, 0.15) is 11.1 Å². The Hall–Kier alpha value is -2.37. The number of methoxy groups -OCH3 is 1. The van der Waals surface area contributed by atoms with Crippen LogP contribution in [-0.2, 0) is 27.3 Å². The highest BCUT2D eigenvalue weighted by molar-refractivity contribution is 6.01. The molecule has 0 spiro atoms. The van der Waals surface area contributed by atoms with Gasteiger partial charge in [0.05, 0.1) is 20.1 Å². The van der Waals surface area contributed by atoms with Crippen LogP contribution in [0.4, 0.5) is 4.79 Å². The molecule has 3 amide bonds. The minimum atomic E-state index is -0.353. The standard InChI is InChI=1S/C14H16N2O4/c1-15-9-12(17)16(14(15)19)8-11-6-4-3-5-10(11)7-13(18)20-2/h3-6H,7-9H2,1-2H3. The highest BCUT2D eigenvalue weighted by atomic mass is 16.5. The van der Waals surface area contributed by atoms with Crippen LogP contribution in [0.3, 0.4) is 0 Å². The molecule has 1 saturated heterocycles. The third-order valence-corrected chi connectivity index (χ3v) is 3.24. The van der Waals surface area contributed by atoms with Gasteiger partial charge in [0.2, 0.25) is 0 Å². The van der Waals surface area contributed by atoms with Crippen molar-refractivity contribution in [2.24, 2.45) is 0 Å². The second-order valence-corrected chi connectivity index (χ2v) is 4.64. The van der Waals surface area contributed by atoms with Crippen molar-refractivity contribution in [1.82, 2.24) is 9.80 Å². The summed E-state index contributed by atoms with van der Waals surface area (Å²) in [7, 11) is 2.91. The summed E-state index contributed by atoms with van der Waals surface area (Å²) in [6, 6.07) is 6.90. The molecule has 1 heterocycles. The van der Waals surface area contributed by atoms with Gasteiger partial charge in [-0.2, -0.15) is 0 Å². The predicted molar refractivity (Wildman–Crippen MR) is 70.7 cm³/mol. The van der Waals surface area contributed by atoms with Gasteiger partial charge in [-0.1, -0.05) is 24.3 Å². The van der Waals surface area contributed by atoms with Crippen LogP contribution in [0.2, 0.25) is 0 Å². The molecule has 1 aromatic rings. The molecule has 20 heavy (non-hydrogen) atoms. The number of hydrogen-bond donors (Lipinski definition) is 0. The number of imide groups is 1. The minimum absolute atomic E-state index is 0.0952. The van der Waals surface area contributed by atoms with Crippen LogP contribution in [0.25, 0.3) is 0 Å². The van der Waals surface area contributed by atoms with Gasteiger partial charge in [-0.15, -0.1) is 0 Å². The predicted octanol–water partition coefficient (Wildman–Crippen LogP) is 0.796. The Labute approximate surface area is 116 Å². The maximum atomic E-state index is 11.8. The van der Waals surface area contributed by atoms with E-state index in [1.807, 2.05) is 12.1 Å². The normalized spacial score (nSPS) is 14.9. The van der Waals surface area contributed by atoms with E-state index in [1.54, 1.807) is 19.2 Å². The fourth-order valence-electron chi connectivity index (χ4n) is 2.11. The summed E-state index contributed by atoms with van der Waals surface area (Å²) in [5, 5.41) is 0. The second kappa shape index (κ2) is 5.73. The lowest BCUT2D eigenvalue weighted by atomic mass is 10.0. The largest absolute Gasteiger partial charge is 0.469 e. The smallest absolute Gasteiger partial charge is 0.327 e. The average Bonchev–Trinajstić information content (AvgIpc) is 2.67. The number of carbonyl (C=O) groups excluding carboxylic acids is 3. The molecule has 0 aromatic heterocycles. The average molecular weight is 276 g/mol. The maximum absolute atomic E-state index is 11.8. The van der Waals surface area contributed by atoms with E-state index in [1.165, 1.54) is 16.9 Å². The van der Waals surface area contributed by atoms with Gasteiger partial charge < -0.3 is 9.64 Å². The summed E-state index contributed by atoms with van der Waals surface area (Å²) in [6.07, 6.45) is 0.124. The lowest BCUT2D eigenvalue weighted by Gasteiger charge is -2.16. The van der Waals surface area contributed by atoms with Gasteiger partial charge in [0.15, 0.2) is 0 Å². The van der Waals surface area contributed by atoms with E-state index in [4.69, 9.17) is 0 Å². The fourth-order valence-corrected chi connectivity index (χ4v) is 2.11. The summed E-state index contributed by atoms with van der Waals surface area (Å²) < 4.78 is 4.64. The molecular formula is C14H16N2O4. The number of hydrogen-bond acceptors (Lipinski definition) is 4. The van der Waals surface area contributed by atoms with E-state index >= 15 is 0 Å². The Morgan fingerprint density at radius 2 is 1.90 bits per heavy atom. The zero-order chi connectivity index (χ0) is 14.7. The number of urea groups is 1. The lowest BCUT2D eigenvalue weighted by molar-refractivity contribution is -0.139. The highest BCUT2D eigenvalue weighted by Gasteiger charge is 2.33. The molecule has 0 aliphatic carbocycles. The van der Waals surface area contributed by atoms with E-state index in [2.05, 4.69) is 4.74 Å². The number of nitrogens with zero attached hydrogens (tertiary/aromatic N) is 2. The van der Waals surface area contributed by atoms with Crippen molar-refractivity contribution in [2.45, 2.75) is 13.0 Å². The molecule has 106 valence electrons.